The number of halogens is 2. The van der Waals surface area contributed by atoms with Crippen molar-refractivity contribution in [1.29, 1.82) is 0 Å². The highest BCUT2D eigenvalue weighted by Gasteiger charge is 2.16. The Kier molecular flexibility index (Phi) is 4.01. The minimum Gasteiger partial charge on any atom is -0.354 e. The van der Waals surface area contributed by atoms with Gasteiger partial charge in [-0.3, -0.25) is 4.40 Å². The molecule has 3 aromatic rings. The Labute approximate surface area is 134 Å². The Balaban J connectivity index is 1.94. The van der Waals surface area contributed by atoms with E-state index in [1.54, 1.807) is 11.3 Å². The largest absolute Gasteiger partial charge is 0.354 e. The number of nitrogens with zero attached hydrogens (tertiary/aromatic N) is 3. The normalized spacial score (nSPS) is 11.2. The molecule has 0 aliphatic heterocycles. The Bertz CT molecular complexity index is 737. The zero-order chi connectivity index (χ0) is 14.1. The van der Waals surface area contributed by atoms with Crippen LogP contribution in [0.5, 0.6) is 0 Å². The molecule has 2 aromatic heterocycles. The summed E-state index contributed by atoms with van der Waals surface area (Å²) in [7, 11) is 2.04. The van der Waals surface area contributed by atoms with Crippen LogP contribution in [0.2, 0.25) is 5.02 Å². The van der Waals surface area contributed by atoms with Gasteiger partial charge in [-0.2, -0.15) is 0 Å². The number of hydrogen-bond acceptors (Lipinski definition) is 3. The molecule has 1 aromatic carbocycles. The lowest BCUT2D eigenvalue weighted by Crippen LogP contribution is -2.18. The predicted octanol–water partition coefficient (Wildman–Crippen LogP) is 4.58. The van der Waals surface area contributed by atoms with Gasteiger partial charge in [-0.25, -0.2) is 4.98 Å². The molecule has 0 atom stereocenters. The molecule has 0 N–H and O–H groups in total. The molecule has 0 bridgehead atoms. The summed E-state index contributed by atoms with van der Waals surface area (Å²) in [6.45, 7) is 0.741. The second-order valence-electron chi connectivity index (χ2n) is 4.52. The summed E-state index contributed by atoms with van der Waals surface area (Å²) < 4.78 is 2.12. The van der Waals surface area contributed by atoms with Gasteiger partial charge in [-0.15, -0.1) is 11.3 Å². The fraction of sp³-hybridized carbons (Fsp3) is 0.214. The van der Waals surface area contributed by atoms with Crippen molar-refractivity contribution < 1.29 is 0 Å². The quantitative estimate of drug-likeness (QED) is 0.627. The standard InChI is InChI=1S/C14H13BrClN3S/c1-18(9-10-4-2-3-5-11(10)16)13-12(8-15)19-6-7-20-14(19)17-13/h2-7H,8-9H2,1H3. The molecule has 0 radical (unpaired) electrons. The van der Waals surface area contributed by atoms with Crippen molar-refractivity contribution in [3.05, 3.63) is 52.1 Å². The first-order chi connectivity index (χ1) is 9.70. The second kappa shape index (κ2) is 5.76. The number of thiazole rings is 1. The van der Waals surface area contributed by atoms with E-state index in [-0.39, 0.29) is 0 Å². The van der Waals surface area contributed by atoms with Crippen molar-refractivity contribution in [1.82, 2.24) is 9.38 Å². The molecule has 0 aliphatic rings. The highest BCUT2D eigenvalue weighted by Crippen LogP contribution is 2.27. The van der Waals surface area contributed by atoms with Gasteiger partial charge >= 0.3 is 0 Å². The lowest BCUT2D eigenvalue weighted by Gasteiger charge is -2.18. The Morgan fingerprint density at radius 2 is 2.20 bits per heavy atom. The maximum absolute atomic E-state index is 6.23. The van der Waals surface area contributed by atoms with Crippen molar-refractivity contribution in [2.24, 2.45) is 0 Å². The summed E-state index contributed by atoms with van der Waals surface area (Å²) in [6, 6.07) is 7.92. The monoisotopic (exact) mass is 369 g/mol. The van der Waals surface area contributed by atoms with Crippen LogP contribution in [-0.2, 0) is 11.9 Å². The van der Waals surface area contributed by atoms with Crippen LogP contribution in [0.1, 0.15) is 11.3 Å². The van der Waals surface area contributed by atoms with Gasteiger partial charge in [0.25, 0.3) is 0 Å². The number of aromatic nitrogens is 2. The Hall–Kier alpha value is -1.04. The molecule has 0 spiro atoms. The number of anilines is 1. The van der Waals surface area contributed by atoms with Crippen LogP contribution < -0.4 is 4.90 Å². The summed E-state index contributed by atoms with van der Waals surface area (Å²) in [5.41, 5.74) is 2.27. The van der Waals surface area contributed by atoms with Gasteiger partial charge in [0.15, 0.2) is 10.8 Å². The summed E-state index contributed by atoms with van der Waals surface area (Å²) >= 11 is 11.4. The highest BCUT2D eigenvalue weighted by molar-refractivity contribution is 9.08. The van der Waals surface area contributed by atoms with Crippen molar-refractivity contribution >= 4 is 49.6 Å². The molecule has 3 nitrogen and oxygen atoms in total. The van der Waals surface area contributed by atoms with Crippen molar-refractivity contribution in [3.8, 4) is 0 Å². The predicted molar refractivity (Wildman–Crippen MR) is 89.3 cm³/mol. The smallest absolute Gasteiger partial charge is 0.195 e. The van der Waals surface area contributed by atoms with Crippen LogP contribution in [0.4, 0.5) is 5.82 Å². The van der Waals surface area contributed by atoms with E-state index in [1.807, 2.05) is 36.7 Å². The van der Waals surface area contributed by atoms with Gasteiger partial charge in [-0.1, -0.05) is 45.7 Å². The molecule has 0 saturated carbocycles. The molecule has 0 fully saturated rings. The Morgan fingerprint density at radius 3 is 2.95 bits per heavy atom. The maximum atomic E-state index is 6.23. The van der Waals surface area contributed by atoms with E-state index in [0.717, 1.165) is 38.9 Å². The van der Waals surface area contributed by atoms with Crippen LogP contribution >= 0.6 is 38.9 Å². The van der Waals surface area contributed by atoms with E-state index in [9.17, 15) is 0 Å². The van der Waals surface area contributed by atoms with Crippen LogP contribution in [0, 0.1) is 0 Å². The molecular weight excluding hydrogens is 358 g/mol. The summed E-state index contributed by atoms with van der Waals surface area (Å²) in [4.78, 5) is 7.85. The van der Waals surface area contributed by atoms with E-state index >= 15 is 0 Å². The fourth-order valence-electron chi connectivity index (χ4n) is 2.21. The number of fused-ring (bicyclic) bond motifs is 1. The van der Waals surface area contributed by atoms with E-state index in [1.165, 1.54) is 0 Å². The minimum absolute atomic E-state index is 0.741. The molecule has 0 saturated heterocycles. The molecule has 2 heterocycles. The van der Waals surface area contributed by atoms with Crippen LogP contribution in [-0.4, -0.2) is 16.4 Å². The third kappa shape index (κ3) is 2.45. The van der Waals surface area contributed by atoms with E-state index in [4.69, 9.17) is 16.6 Å². The highest BCUT2D eigenvalue weighted by atomic mass is 79.9. The summed E-state index contributed by atoms with van der Waals surface area (Å²) in [5.74, 6) is 0.994. The first-order valence-corrected chi connectivity index (χ1v) is 8.53. The van der Waals surface area contributed by atoms with Crippen molar-refractivity contribution in [2.75, 3.05) is 11.9 Å². The molecule has 0 aliphatic carbocycles. The molecule has 0 amide bonds. The third-order valence-corrected chi connectivity index (χ3v) is 4.85. The van der Waals surface area contributed by atoms with Crippen LogP contribution in [0.3, 0.4) is 0 Å². The Morgan fingerprint density at radius 1 is 1.40 bits per heavy atom. The van der Waals surface area contributed by atoms with Gasteiger partial charge < -0.3 is 4.90 Å². The fourth-order valence-corrected chi connectivity index (χ4v) is 3.65. The lowest BCUT2D eigenvalue weighted by molar-refractivity contribution is 0.895. The van der Waals surface area contributed by atoms with Crippen LogP contribution in [0.25, 0.3) is 4.96 Å². The molecule has 0 unspecified atom stereocenters. The zero-order valence-corrected chi connectivity index (χ0v) is 14.0. The van der Waals surface area contributed by atoms with Gasteiger partial charge in [0, 0.05) is 35.5 Å². The SMILES string of the molecule is CN(Cc1ccccc1Cl)c1nc2sccn2c1CBr. The van der Waals surface area contributed by atoms with Gasteiger partial charge in [0.05, 0.1) is 5.69 Å². The first-order valence-electron chi connectivity index (χ1n) is 6.15. The maximum Gasteiger partial charge on any atom is 0.195 e. The summed E-state index contributed by atoms with van der Waals surface area (Å²) in [6.07, 6.45) is 2.05. The third-order valence-electron chi connectivity index (χ3n) is 3.19. The molecule has 20 heavy (non-hydrogen) atoms. The zero-order valence-electron chi connectivity index (χ0n) is 10.9. The average Bonchev–Trinajstić information content (AvgIpc) is 3.01. The van der Waals surface area contributed by atoms with Gasteiger partial charge in [0.1, 0.15) is 0 Å². The van der Waals surface area contributed by atoms with Crippen LogP contribution in [0.15, 0.2) is 35.8 Å². The van der Waals surface area contributed by atoms with Gasteiger partial charge in [0.2, 0.25) is 0 Å². The molecule has 6 heteroatoms. The number of alkyl halides is 1. The topological polar surface area (TPSA) is 20.5 Å². The average molecular weight is 371 g/mol. The van der Waals surface area contributed by atoms with Crippen molar-refractivity contribution in [2.45, 2.75) is 11.9 Å². The lowest BCUT2D eigenvalue weighted by atomic mass is 10.2. The number of rotatable bonds is 4. The first kappa shape index (κ1) is 13.9. The number of hydrogen-bond donors (Lipinski definition) is 0. The second-order valence-corrected chi connectivity index (χ2v) is 6.36. The van der Waals surface area contributed by atoms with E-state index in [2.05, 4.69) is 31.4 Å². The number of benzene rings is 1. The van der Waals surface area contributed by atoms with Gasteiger partial charge in [-0.05, 0) is 11.6 Å². The minimum atomic E-state index is 0.741. The van der Waals surface area contributed by atoms with E-state index < -0.39 is 0 Å². The summed E-state index contributed by atoms with van der Waals surface area (Å²) in [5, 5.41) is 3.61. The van der Waals surface area contributed by atoms with E-state index in [0.29, 0.717) is 0 Å². The van der Waals surface area contributed by atoms with Crippen molar-refractivity contribution in [3.63, 3.8) is 0 Å². The number of imidazole rings is 1. The molecule has 104 valence electrons. The molecular formula is C14H13BrClN3S. The molecule has 3 rings (SSSR count).